The van der Waals surface area contributed by atoms with Crippen LogP contribution in [0.3, 0.4) is 0 Å². The number of carbonyl (C=O) groups excluding carboxylic acids is 1. The first-order valence-electron chi connectivity index (χ1n) is 5.55. The van der Waals surface area contributed by atoms with Gasteiger partial charge in [0.25, 0.3) is 0 Å². The molecule has 0 radical (unpaired) electrons. The number of aliphatic carboxylic acids is 2. The summed E-state index contributed by atoms with van der Waals surface area (Å²) in [6.45, 7) is 3.02. The van der Waals surface area contributed by atoms with Crippen molar-refractivity contribution in [2.24, 2.45) is 11.3 Å². The van der Waals surface area contributed by atoms with E-state index in [0.717, 1.165) is 6.08 Å². The van der Waals surface area contributed by atoms with Gasteiger partial charge in [-0.05, 0) is 0 Å². The molecule has 2 atom stereocenters. The van der Waals surface area contributed by atoms with Gasteiger partial charge in [-0.1, -0.05) is 30.9 Å². The fourth-order valence-electron chi connectivity index (χ4n) is 1.91. The standard InChI is InChI=1S/C13H14O6/c1-2-10(14)19-8-7-13(12(17)18)6-4-3-5-9(13)11(15)16/h2-6,9H,1,7-8H2,(H,15,16)(H,17,18). The first-order chi connectivity index (χ1) is 8.94. The molecule has 102 valence electrons. The van der Waals surface area contributed by atoms with Crippen molar-refractivity contribution in [3.8, 4) is 0 Å². The van der Waals surface area contributed by atoms with Crippen LogP contribution in [0.5, 0.6) is 0 Å². The van der Waals surface area contributed by atoms with Crippen LogP contribution in [0, 0.1) is 11.3 Å². The largest absolute Gasteiger partial charge is 0.481 e. The minimum absolute atomic E-state index is 0.125. The van der Waals surface area contributed by atoms with Crippen molar-refractivity contribution >= 4 is 17.9 Å². The van der Waals surface area contributed by atoms with E-state index in [9.17, 15) is 19.5 Å². The molecule has 6 heteroatoms. The molecule has 2 unspecified atom stereocenters. The Morgan fingerprint density at radius 2 is 2.00 bits per heavy atom. The molecule has 0 aromatic rings. The number of esters is 1. The summed E-state index contributed by atoms with van der Waals surface area (Å²) in [5.74, 6) is -4.38. The van der Waals surface area contributed by atoms with Crippen molar-refractivity contribution in [2.45, 2.75) is 6.42 Å². The van der Waals surface area contributed by atoms with Crippen LogP contribution in [0.15, 0.2) is 37.0 Å². The Morgan fingerprint density at radius 3 is 2.53 bits per heavy atom. The van der Waals surface area contributed by atoms with Gasteiger partial charge in [0.15, 0.2) is 0 Å². The summed E-state index contributed by atoms with van der Waals surface area (Å²) in [6.07, 6.45) is 6.42. The predicted octanol–water partition coefficient (Wildman–Crippen LogP) is 1.00. The van der Waals surface area contributed by atoms with Gasteiger partial charge in [0.1, 0.15) is 5.41 Å². The minimum atomic E-state index is -1.61. The van der Waals surface area contributed by atoms with Crippen LogP contribution >= 0.6 is 0 Å². The summed E-state index contributed by atoms with van der Waals surface area (Å²) in [7, 11) is 0. The average molecular weight is 266 g/mol. The molecule has 0 saturated carbocycles. The van der Waals surface area contributed by atoms with E-state index < -0.39 is 29.2 Å². The number of carboxylic acid groups (broad SMARTS) is 2. The summed E-state index contributed by atoms with van der Waals surface area (Å²) in [4.78, 5) is 33.5. The highest BCUT2D eigenvalue weighted by Crippen LogP contribution is 2.37. The van der Waals surface area contributed by atoms with Gasteiger partial charge in [0, 0.05) is 12.5 Å². The highest BCUT2D eigenvalue weighted by molar-refractivity contribution is 5.87. The average Bonchev–Trinajstić information content (AvgIpc) is 2.38. The second kappa shape index (κ2) is 5.99. The van der Waals surface area contributed by atoms with Gasteiger partial charge >= 0.3 is 17.9 Å². The maximum absolute atomic E-state index is 11.4. The molecule has 19 heavy (non-hydrogen) atoms. The van der Waals surface area contributed by atoms with Crippen LogP contribution in [0.25, 0.3) is 0 Å². The summed E-state index contributed by atoms with van der Waals surface area (Å²) >= 11 is 0. The molecule has 0 spiro atoms. The molecule has 0 heterocycles. The van der Waals surface area contributed by atoms with Crippen LogP contribution in [-0.4, -0.2) is 34.7 Å². The first-order valence-corrected chi connectivity index (χ1v) is 5.55. The smallest absolute Gasteiger partial charge is 0.330 e. The Hall–Kier alpha value is -2.37. The second-order valence-electron chi connectivity index (χ2n) is 4.03. The van der Waals surface area contributed by atoms with E-state index in [2.05, 4.69) is 6.58 Å². The highest BCUT2D eigenvalue weighted by Gasteiger charge is 2.47. The summed E-state index contributed by atoms with van der Waals surface area (Å²) < 4.78 is 4.73. The lowest BCUT2D eigenvalue weighted by atomic mass is 9.70. The SMILES string of the molecule is C=CC(=O)OCCC1(C(=O)O)C=CC=CC1C(=O)O. The normalized spacial score (nSPS) is 24.7. The van der Waals surface area contributed by atoms with Crippen LogP contribution in [-0.2, 0) is 19.1 Å². The van der Waals surface area contributed by atoms with Crippen LogP contribution in [0.4, 0.5) is 0 Å². The van der Waals surface area contributed by atoms with Crippen molar-refractivity contribution in [1.29, 1.82) is 0 Å². The third-order valence-electron chi connectivity index (χ3n) is 2.95. The number of carbonyl (C=O) groups is 3. The van der Waals surface area contributed by atoms with E-state index in [1.54, 1.807) is 0 Å². The van der Waals surface area contributed by atoms with Gasteiger partial charge < -0.3 is 14.9 Å². The van der Waals surface area contributed by atoms with Gasteiger partial charge in [-0.25, -0.2) is 4.79 Å². The molecular weight excluding hydrogens is 252 g/mol. The van der Waals surface area contributed by atoms with E-state index in [1.807, 2.05) is 0 Å². The summed E-state index contributed by atoms with van der Waals surface area (Å²) in [5, 5.41) is 18.4. The zero-order chi connectivity index (χ0) is 14.5. The molecule has 1 rings (SSSR count). The second-order valence-corrected chi connectivity index (χ2v) is 4.03. The van der Waals surface area contributed by atoms with E-state index in [4.69, 9.17) is 9.84 Å². The molecule has 0 aliphatic heterocycles. The van der Waals surface area contributed by atoms with Gasteiger partial charge in [-0.15, -0.1) is 0 Å². The Balaban J connectivity index is 2.90. The molecule has 1 aliphatic rings. The van der Waals surface area contributed by atoms with E-state index in [0.29, 0.717) is 0 Å². The topological polar surface area (TPSA) is 101 Å². The quantitative estimate of drug-likeness (QED) is 0.549. The number of rotatable bonds is 6. The molecule has 0 aromatic carbocycles. The monoisotopic (exact) mass is 266 g/mol. The lowest BCUT2D eigenvalue weighted by Crippen LogP contribution is -2.42. The molecule has 0 amide bonds. The van der Waals surface area contributed by atoms with E-state index in [-0.39, 0.29) is 13.0 Å². The highest BCUT2D eigenvalue weighted by atomic mass is 16.5. The maximum Gasteiger partial charge on any atom is 0.330 e. The van der Waals surface area contributed by atoms with Crippen molar-refractivity contribution in [1.82, 2.24) is 0 Å². The maximum atomic E-state index is 11.4. The Bertz CT molecular complexity index is 462. The number of allylic oxidation sites excluding steroid dienone is 2. The predicted molar refractivity (Wildman–Crippen MR) is 65.2 cm³/mol. The molecule has 1 aliphatic carbocycles. The number of carboxylic acids is 2. The molecular formula is C13H14O6. The number of ether oxygens (including phenoxy) is 1. The molecule has 6 nitrogen and oxygen atoms in total. The third-order valence-corrected chi connectivity index (χ3v) is 2.95. The van der Waals surface area contributed by atoms with Crippen LogP contribution in [0.2, 0.25) is 0 Å². The van der Waals surface area contributed by atoms with E-state index in [1.165, 1.54) is 24.3 Å². The lowest BCUT2D eigenvalue weighted by molar-refractivity contribution is -0.158. The summed E-state index contributed by atoms with van der Waals surface area (Å²) in [5.41, 5.74) is -1.61. The minimum Gasteiger partial charge on any atom is -0.481 e. The third kappa shape index (κ3) is 3.09. The summed E-state index contributed by atoms with van der Waals surface area (Å²) in [6, 6.07) is 0. The molecule has 0 aromatic heterocycles. The lowest BCUT2D eigenvalue weighted by Gasteiger charge is -2.31. The fourth-order valence-corrected chi connectivity index (χ4v) is 1.91. The Morgan fingerprint density at radius 1 is 1.32 bits per heavy atom. The molecule has 2 N–H and O–H groups in total. The first kappa shape index (κ1) is 14.7. The zero-order valence-corrected chi connectivity index (χ0v) is 10.1. The van der Waals surface area contributed by atoms with Crippen LogP contribution in [0.1, 0.15) is 6.42 Å². The van der Waals surface area contributed by atoms with Crippen molar-refractivity contribution in [3.05, 3.63) is 37.0 Å². The Kier molecular flexibility index (Phi) is 4.63. The number of hydrogen-bond acceptors (Lipinski definition) is 4. The molecule has 0 fully saturated rings. The van der Waals surface area contributed by atoms with E-state index >= 15 is 0 Å². The zero-order valence-electron chi connectivity index (χ0n) is 10.1. The van der Waals surface area contributed by atoms with Crippen molar-refractivity contribution in [3.63, 3.8) is 0 Å². The van der Waals surface area contributed by atoms with Crippen LogP contribution < -0.4 is 0 Å². The van der Waals surface area contributed by atoms with Crippen molar-refractivity contribution in [2.75, 3.05) is 6.61 Å². The molecule has 0 bridgehead atoms. The van der Waals surface area contributed by atoms with Gasteiger partial charge in [-0.2, -0.15) is 0 Å². The Labute approximate surface area is 109 Å². The van der Waals surface area contributed by atoms with Gasteiger partial charge in [-0.3, -0.25) is 9.59 Å². The van der Waals surface area contributed by atoms with Gasteiger partial charge in [0.2, 0.25) is 0 Å². The van der Waals surface area contributed by atoms with Gasteiger partial charge in [0.05, 0.1) is 12.5 Å². The fraction of sp³-hybridized carbons (Fsp3) is 0.308. The molecule has 0 saturated heterocycles. The number of hydrogen-bond donors (Lipinski definition) is 2. The van der Waals surface area contributed by atoms with Crippen molar-refractivity contribution < 1.29 is 29.3 Å².